The molecule has 1 aromatic heterocycles. The fourth-order valence-corrected chi connectivity index (χ4v) is 3.94. The van der Waals surface area contributed by atoms with Crippen LogP contribution in [0.3, 0.4) is 0 Å². The summed E-state index contributed by atoms with van der Waals surface area (Å²) in [5.41, 5.74) is 1.57. The van der Waals surface area contributed by atoms with Crippen LogP contribution in [0.2, 0.25) is 0 Å². The van der Waals surface area contributed by atoms with E-state index in [1.807, 2.05) is 0 Å². The molecule has 2 atom stereocenters. The van der Waals surface area contributed by atoms with Crippen LogP contribution in [0, 0.1) is 0 Å². The number of aliphatic imine (C=N–C) groups is 1. The third-order valence-electron chi connectivity index (χ3n) is 5.63. The first-order valence-electron chi connectivity index (χ1n) is 11.0. The topological polar surface area (TPSA) is 76.4 Å². The highest BCUT2D eigenvalue weighted by atomic mass is 16.5. The summed E-state index contributed by atoms with van der Waals surface area (Å²) in [6.45, 7) is 7.61. The summed E-state index contributed by atoms with van der Waals surface area (Å²) in [4.78, 5) is 4.85. The van der Waals surface area contributed by atoms with Crippen LogP contribution < -0.4 is 10.6 Å². The fourth-order valence-electron chi connectivity index (χ4n) is 3.94. The minimum atomic E-state index is 0.253. The Hall–Kier alpha value is -1.89. The molecule has 0 bridgehead atoms. The van der Waals surface area contributed by atoms with E-state index >= 15 is 0 Å². The minimum absolute atomic E-state index is 0.253. The number of hydrogen-bond acceptors (Lipinski definition) is 4. The molecular weight excluding hydrogens is 352 g/mol. The summed E-state index contributed by atoms with van der Waals surface area (Å²) >= 11 is 0. The van der Waals surface area contributed by atoms with Gasteiger partial charge in [-0.3, -0.25) is 4.99 Å². The molecule has 2 N–H and O–H groups in total. The number of guanidine groups is 1. The summed E-state index contributed by atoms with van der Waals surface area (Å²) in [5.74, 6) is 1.90. The summed E-state index contributed by atoms with van der Waals surface area (Å²) in [6.07, 6.45) is 13.9. The van der Waals surface area contributed by atoms with Gasteiger partial charge in [0.25, 0.3) is 0 Å². The molecule has 1 aliphatic heterocycles. The van der Waals surface area contributed by atoms with Gasteiger partial charge in [-0.25, -0.2) is 0 Å². The predicted molar refractivity (Wildman–Crippen MR) is 112 cm³/mol. The van der Waals surface area contributed by atoms with E-state index in [-0.39, 0.29) is 12.1 Å². The van der Waals surface area contributed by atoms with Crippen molar-refractivity contribution in [3.05, 3.63) is 23.8 Å². The Morgan fingerprint density at radius 3 is 3.07 bits per heavy atom. The molecule has 7 heteroatoms. The molecule has 1 saturated heterocycles. The minimum Gasteiger partial charge on any atom is -0.376 e. The van der Waals surface area contributed by atoms with Gasteiger partial charge in [0.15, 0.2) is 5.96 Å². The fraction of sp³-hybridized carbons (Fsp3) is 0.762. The van der Waals surface area contributed by atoms with Gasteiger partial charge in [0, 0.05) is 32.7 Å². The SMILES string of the molecule is CCc1nncn1CCNC(=NCCC1=CCCCC1)NC(C)C1CCCO1. The van der Waals surface area contributed by atoms with Gasteiger partial charge in [-0.2, -0.15) is 0 Å². The first-order valence-corrected chi connectivity index (χ1v) is 11.0. The largest absolute Gasteiger partial charge is 0.376 e. The zero-order valence-electron chi connectivity index (χ0n) is 17.5. The van der Waals surface area contributed by atoms with Gasteiger partial charge in [-0.1, -0.05) is 18.6 Å². The van der Waals surface area contributed by atoms with Crippen LogP contribution in [-0.4, -0.2) is 52.6 Å². The number of aryl methyl sites for hydroxylation is 1. The molecule has 0 radical (unpaired) electrons. The second-order valence-electron chi connectivity index (χ2n) is 7.79. The molecule has 2 unspecified atom stereocenters. The van der Waals surface area contributed by atoms with E-state index < -0.39 is 0 Å². The summed E-state index contributed by atoms with van der Waals surface area (Å²) < 4.78 is 7.93. The number of nitrogens with zero attached hydrogens (tertiary/aromatic N) is 4. The average molecular weight is 389 g/mol. The molecule has 1 fully saturated rings. The maximum Gasteiger partial charge on any atom is 0.191 e. The first-order chi connectivity index (χ1) is 13.8. The summed E-state index contributed by atoms with van der Waals surface area (Å²) in [5, 5.41) is 15.2. The predicted octanol–water partition coefficient (Wildman–Crippen LogP) is 2.83. The molecule has 1 aliphatic carbocycles. The normalized spacial score (nSPS) is 21.4. The Bertz CT molecular complexity index is 647. The molecule has 2 aliphatic rings. The maximum atomic E-state index is 5.83. The van der Waals surface area contributed by atoms with Crippen molar-refractivity contribution in [2.24, 2.45) is 4.99 Å². The van der Waals surface area contributed by atoms with Crippen LogP contribution in [0.15, 0.2) is 23.0 Å². The number of ether oxygens (including phenoxy) is 1. The number of allylic oxidation sites excluding steroid dienone is 1. The van der Waals surface area contributed by atoms with Crippen LogP contribution >= 0.6 is 0 Å². The Kier molecular flexibility index (Phi) is 8.33. The standard InChI is InChI=1S/C21H36N6O/c1-3-20-26-24-16-27(20)14-13-23-21(25-17(2)19-10-7-15-28-19)22-12-11-18-8-5-4-6-9-18/h8,16-17,19H,3-7,9-15H2,1-2H3,(H2,22,23,25). The van der Waals surface area contributed by atoms with E-state index in [1.165, 1.54) is 25.7 Å². The van der Waals surface area contributed by atoms with Gasteiger partial charge < -0.3 is 19.9 Å². The van der Waals surface area contributed by atoms with Crippen LogP contribution in [0.1, 0.15) is 64.6 Å². The van der Waals surface area contributed by atoms with Crippen LogP contribution in [0.5, 0.6) is 0 Å². The lowest BCUT2D eigenvalue weighted by Gasteiger charge is -2.23. The van der Waals surface area contributed by atoms with Crippen LogP contribution in [0.25, 0.3) is 0 Å². The Morgan fingerprint density at radius 1 is 1.39 bits per heavy atom. The van der Waals surface area contributed by atoms with Crippen molar-refractivity contribution in [3.8, 4) is 0 Å². The molecule has 0 saturated carbocycles. The molecule has 1 aromatic rings. The third-order valence-corrected chi connectivity index (χ3v) is 5.63. The highest BCUT2D eigenvalue weighted by Gasteiger charge is 2.23. The second kappa shape index (κ2) is 11.2. The Morgan fingerprint density at radius 2 is 2.32 bits per heavy atom. The first kappa shape index (κ1) is 20.8. The molecule has 3 rings (SSSR count). The van der Waals surface area contributed by atoms with Crippen molar-refractivity contribution >= 4 is 5.96 Å². The van der Waals surface area contributed by atoms with Crippen molar-refractivity contribution in [3.63, 3.8) is 0 Å². The highest BCUT2D eigenvalue weighted by molar-refractivity contribution is 5.80. The van der Waals surface area contributed by atoms with Crippen molar-refractivity contribution in [1.29, 1.82) is 0 Å². The van der Waals surface area contributed by atoms with E-state index in [0.29, 0.717) is 0 Å². The molecular formula is C21H36N6O. The number of rotatable bonds is 9. The smallest absolute Gasteiger partial charge is 0.191 e. The zero-order valence-corrected chi connectivity index (χ0v) is 17.5. The van der Waals surface area contributed by atoms with E-state index in [1.54, 1.807) is 11.9 Å². The summed E-state index contributed by atoms with van der Waals surface area (Å²) in [7, 11) is 0. The Balaban J connectivity index is 1.53. The van der Waals surface area contributed by atoms with Crippen molar-refractivity contribution in [1.82, 2.24) is 25.4 Å². The van der Waals surface area contributed by atoms with E-state index in [4.69, 9.17) is 9.73 Å². The zero-order chi connectivity index (χ0) is 19.6. The van der Waals surface area contributed by atoms with Gasteiger partial charge in [-0.15, -0.1) is 10.2 Å². The van der Waals surface area contributed by atoms with Gasteiger partial charge in [-0.05, 0) is 51.9 Å². The van der Waals surface area contributed by atoms with Crippen molar-refractivity contribution in [2.45, 2.75) is 83.9 Å². The van der Waals surface area contributed by atoms with E-state index in [9.17, 15) is 0 Å². The lowest BCUT2D eigenvalue weighted by atomic mass is 9.97. The van der Waals surface area contributed by atoms with Crippen molar-refractivity contribution in [2.75, 3.05) is 19.7 Å². The number of hydrogen-bond donors (Lipinski definition) is 2. The van der Waals surface area contributed by atoms with E-state index in [2.05, 4.69) is 45.3 Å². The third kappa shape index (κ3) is 6.33. The quantitative estimate of drug-likeness (QED) is 0.386. The molecule has 2 heterocycles. The molecule has 0 amide bonds. The molecule has 156 valence electrons. The van der Waals surface area contributed by atoms with Gasteiger partial charge in [0.2, 0.25) is 0 Å². The maximum absolute atomic E-state index is 5.83. The second-order valence-corrected chi connectivity index (χ2v) is 7.79. The van der Waals surface area contributed by atoms with Gasteiger partial charge in [0.1, 0.15) is 12.2 Å². The van der Waals surface area contributed by atoms with Crippen LogP contribution in [0.4, 0.5) is 0 Å². The average Bonchev–Trinajstić information content (AvgIpc) is 3.40. The number of aromatic nitrogens is 3. The Labute approximate surface area is 169 Å². The molecule has 28 heavy (non-hydrogen) atoms. The lowest BCUT2D eigenvalue weighted by molar-refractivity contribution is 0.0890. The number of nitrogens with one attached hydrogen (secondary N) is 2. The van der Waals surface area contributed by atoms with Gasteiger partial charge >= 0.3 is 0 Å². The molecule has 0 aromatic carbocycles. The van der Waals surface area contributed by atoms with Gasteiger partial charge in [0.05, 0.1) is 12.1 Å². The van der Waals surface area contributed by atoms with E-state index in [0.717, 1.165) is 63.7 Å². The highest BCUT2D eigenvalue weighted by Crippen LogP contribution is 2.20. The monoisotopic (exact) mass is 388 g/mol. The van der Waals surface area contributed by atoms with Crippen molar-refractivity contribution < 1.29 is 4.74 Å². The lowest BCUT2D eigenvalue weighted by Crippen LogP contribution is -2.47. The molecule has 0 spiro atoms. The molecule has 7 nitrogen and oxygen atoms in total. The van der Waals surface area contributed by atoms with Crippen LogP contribution in [-0.2, 0) is 17.7 Å². The summed E-state index contributed by atoms with van der Waals surface area (Å²) in [6, 6.07) is 0.253.